The fraction of sp³-hybridized carbons (Fsp3) is 0.542. The Labute approximate surface area is 193 Å². The highest BCUT2D eigenvalue weighted by Crippen LogP contribution is 2.25. The summed E-state index contributed by atoms with van der Waals surface area (Å²) in [7, 11) is 0. The van der Waals surface area contributed by atoms with Crippen molar-refractivity contribution in [3.8, 4) is 0 Å². The first-order valence-electron chi connectivity index (χ1n) is 11.9. The zero-order valence-corrected chi connectivity index (χ0v) is 19.3. The third-order valence-corrected chi connectivity index (χ3v) is 6.53. The van der Waals surface area contributed by atoms with Gasteiger partial charge in [-0.3, -0.25) is 14.3 Å². The van der Waals surface area contributed by atoms with Gasteiger partial charge in [-0.25, -0.2) is 0 Å². The topological polar surface area (TPSA) is 97.9 Å². The van der Waals surface area contributed by atoms with Gasteiger partial charge in [0.05, 0.1) is 0 Å². The van der Waals surface area contributed by atoms with E-state index in [-0.39, 0.29) is 24.4 Å². The number of amides is 2. The lowest BCUT2D eigenvalue weighted by atomic mass is 10.0. The molecule has 5 rings (SSSR count). The maximum absolute atomic E-state index is 13.1. The van der Waals surface area contributed by atoms with E-state index in [2.05, 4.69) is 29.4 Å². The third-order valence-electron chi connectivity index (χ3n) is 6.53. The summed E-state index contributed by atoms with van der Waals surface area (Å²) in [5, 5.41) is 16.7. The number of rotatable bonds is 6. The van der Waals surface area contributed by atoms with E-state index in [1.54, 1.807) is 4.90 Å². The number of hydrogen-bond acceptors (Lipinski definition) is 5. The number of hydrogen-bond donors (Lipinski definition) is 1. The Morgan fingerprint density at radius 2 is 1.79 bits per heavy atom. The van der Waals surface area contributed by atoms with Gasteiger partial charge in [-0.05, 0) is 30.9 Å². The molecule has 2 aromatic heterocycles. The molecule has 1 aromatic carbocycles. The van der Waals surface area contributed by atoms with Crippen LogP contribution in [0.1, 0.15) is 61.3 Å². The molecular weight excluding hydrogens is 418 g/mol. The molecule has 3 aromatic rings. The Morgan fingerprint density at radius 3 is 2.45 bits per heavy atom. The number of nitrogens with zero attached hydrogens (tertiary/aromatic N) is 6. The number of nitrogens with one attached hydrogen (secondary N) is 1. The summed E-state index contributed by atoms with van der Waals surface area (Å²) in [4.78, 5) is 29.5. The van der Waals surface area contributed by atoms with E-state index in [4.69, 9.17) is 5.10 Å². The lowest BCUT2D eigenvalue weighted by Crippen LogP contribution is -2.40. The molecule has 1 saturated carbocycles. The molecule has 33 heavy (non-hydrogen) atoms. The Hall–Kier alpha value is -3.23. The molecule has 0 atom stereocenters. The average Bonchev–Trinajstić information content (AvgIpc) is 3.51. The summed E-state index contributed by atoms with van der Waals surface area (Å²) in [6.45, 7) is 6.11. The second-order valence-corrected chi connectivity index (χ2v) is 9.59. The summed E-state index contributed by atoms with van der Waals surface area (Å²) in [5.41, 5.74) is 3.97. The molecule has 0 unspecified atom stereocenters. The molecule has 1 fully saturated rings. The molecule has 2 amide bonds. The molecule has 174 valence electrons. The molecular formula is C24H31N7O2. The highest BCUT2D eigenvalue weighted by atomic mass is 16.2. The van der Waals surface area contributed by atoms with Crippen molar-refractivity contribution in [2.75, 3.05) is 6.54 Å². The second kappa shape index (κ2) is 8.96. The van der Waals surface area contributed by atoms with Crippen molar-refractivity contribution in [2.24, 2.45) is 5.92 Å². The van der Waals surface area contributed by atoms with Crippen molar-refractivity contribution in [1.29, 1.82) is 0 Å². The molecule has 1 aliphatic carbocycles. The number of aromatic nitrogens is 5. The van der Waals surface area contributed by atoms with Gasteiger partial charge in [0, 0.05) is 43.4 Å². The van der Waals surface area contributed by atoms with E-state index in [9.17, 15) is 9.59 Å². The standard InChI is InChI=1S/C24H31N7O2/c1-16(2)13-30-21-11-12-29(22(32)15-31-26-19-9-5-6-10-20(19)27-31)14-18(21)23(28-30)24(33)25-17-7-3-4-8-17/h5-6,9-10,16-17H,3-4,7-8,11-15H2,1-2H3,(H,25,33). The van der Waals surface area contributed by atoms with Gasteiger partial charge in [0.1, 0.15) is 17.6 Å². The van der Waals surface area contributed by atoms with Crippen LogP contribution in [0.5, 0.6) is 0 Å². The summed E-state index contributed by atoms with van der Waals surface area (Å²) < 4.78 is 1.98. The second-order valence-electron chi connectivity index (χ2n) is 9.59. The maximum Gasteiger partial charge on any atom is 0.272 e. The normalized spacial score (nSPS) is 16.5. The van der Waals surface area contributed by atoms with Crippen LogP contribution >= 0.6 is 0 Å². The fourth-order valence-corrected chi connectivity index (χ4v) is 4.90. The lowest BCUT2D eigenvalue weighted by Gasteiger charge is -2.28. The van der Waals surface area contributed by atoms with E-state index >= 15 is 0 Å². The van der Waals surface area contributed by atoms with Gasteiger partial charge in [-0.1, -0.05) is 38.8 Å². The van der Waals surface area contributed by atoms with Gasteiger partial charge in [-0.15, -0.1) is 0 Å². The Morgan fingerprint density at radius 1 is 1.09 bits per heavy atom. The number of carbonyl (C=O) groups excluding carboxylic acids is 2. The zero-order chi connectivity index (χ0) is 22.9. The van der Waals surface area contributed by atoms with Gasteiger partial charge in [0.25, 0.3) is 5.91 Å². The Kier molecular flexibility index (Phi) is 5.86. The summed E-state index contributed by atoms with van der Waals surface area (Å²) >= 11 is 0. The summed E-state index contributed by atoms with van der Waals surface area (Å²) in [5.74, 6) is 0.245. The zero-order valence-electron chi connectivity index (χ0n) is 19.3. The van der Waals surface area contributed by atoms with Gasteiger partial charge in [0.15, 0.2) is 5.69 Å². The van der Waals surface area contributed by atoms with E-state index < -0.39 is 0 Å². The molecule has 9 heteroatoms. The minimum atomic E-state index is -0.116. The van der Waals surface area contributed by atoms with E-state index in [1.807, 2.05) is 28.9 Å². The molecule has 1 aliphatic heterocycles. The lowest BCUT2D eigenvalue weighted by molar-refractivity contribution is -0.133. The average molecular weight is 450 g/mol. The number of carbonyl (C=O) groups is 2. The minimum Gasteiger partial charge on any atom is -0.348 e. The first kappa shape index (κ1) is 21.6. The first-order valence-corrected chi connectivity index (χ1v) is 11.9. The van der Waals surface area contributed by atoms with Crippen molar-refractivity contribution >= 4 is 22.8 Å². The smallest absolute Gasteiger partial charge is 0.272 e. The fourth-order valence-electron chi connectivity index (χ4n) is 4.90. The molecule has 3 heterocycles. The van der Waals surface area contributed by atoms with Crippen LogP contribution in [0.2, 0.25) is 0 Å². The summed E-state index contributed by atoms with van der Waals surface area (Å²) in [6, 6.07) is 7.80. The van der Waals surface area contributed by atoms with E-state index in [0.717, 1.165) is 54.5 Å². The maximum atomic E-state index is 13.1. The predicted octanol–water partition coefficient (Wildman–Crippen LogP) is 2.54. The van der Waals surface area contributed by atoms with Crippen LogP contribution in [0.15, 0.2) is 24.3 Å². The number of fused-ring (bicyclic) bond motifs is 2. The predicted molar refractivity (Wildman–Crippen MR) is 123 cm³/mol. The van der Waals surface area contributed by atoms with Crippen LogP contribution < -0.4 is 5.32 Å². The first-order chi connectivity index (χ1) is 16.0. The van der Waals surface area contributed by atoms with Crippen LogP contribution in [-0.2, 0) is 30.8 Å². The molecule has 9 nitrogen and oxygen atoms in total. The third kappa shape index (κ3) is 4.49. The SMILES string of the molecule is CC(C)Cn1nc(C(=O)NC2CCCC2)c2c1CCN(C(=O)Cn1nc3ccccc3n1)C2. The van der Waals surface area contributed by atoms with Gasteiger partial charge in [0.2, 0.25) is 5.91 Å². The van der Waals surface area contributed by atoms with Gasteiger partial charge in [-0.2, -0.15) is 20.1 Å². The molecule has 0 radical (unpaired) electrons. The van der Waals surface area contributed by atoms with Gasteiger partial charge >= 0.3 is 0 Å². The summed E-state index contributed by atoms with van der Waals surface area (Å²) in [6.07, 6.45) is 5.05. The van der Waals surface area contributed by atoms with Crippen molar-refractivity contribution < 1.29 is 9.59 Å². The van der Waals surface area contributed by atoms with Crippen LogP contribution in [0.25, 0.3) is 11.0 Å². The molecule has 1 N–H and O–H groups in total. The highest BCUT2D eigenvalue weighted by molar-refractivity contribution is 5.94. The van der Waals surface area contributed by atoms with Gasteiger partial charge < -0.3 is 10.2 Å². The quantitative estimate of drug-likeness (QED) is 0.624. The Balaban J connectivity index is 1.36. The van der Waals surface area contributed by atoms with E-state index in [0.29, 0.717) is 31.1 Å². The molecule has 0 saturated heterocycles. The van der Waals surface area contributed by atoms with Crippen LogP contribution in [0.4, 0.5) is 0 Å². The van der Waals surface area contributed by atoms with Crippen molar-refractivity contribution in [3.63, 3.8) is 0 Å². The van der Waals surface area contributed by atoms with Crippen molar-refractivity contribution in [3.05, 3.63) is 41.2 Å². The highest BCUT2D eigenvalue weighted by Gasteiger charge is 2.31. The monoisotopic (exact) mass is 449 g/mol. The largest absolute Gasteiger partial charge is 0.348 e. The van der Waals surface area contributed by atoms with Crippen LogP contribution in [-0.4, -0.2) is 54.1 Å². The molecule has 2 aliphatic rings. The van der Waals surface area contributed by atoms with E-state index in [1.165, 1.54) is 4.80 Å². The van der Waals surface area contributed by atoms with Crippen molar-refractivity contribution in [1.82, 2.24) is 35.0 Å². The van der Waals surface area contributed by atoms with Crippen molar-refractivity contribution in [2.45, 2.75) is 71.6 Å². The van der Waals surface area contributed by atoms with Crippen LogP contribution in [0, 0.1) is 5.92 Å². The Bertz CT molecular complexity index is 1140. The minimum absolute atomic E-state index is 0.0558. The van der Waals surface area contributed by atoms with Crippen LogP contribution in [0.3, 0.4) is 0 Å². The number of benzene rings is 1. The molecule has 0 bridgehead atoms. The molecule has 0 spiro atoms.